The molecular formula is C15H17F. The molecule has 0 radical (unpaired) electrons. The van der Waals surface area contributed by atoms with E-state index in [1.807, 2.05) is 6.07 Å². The molecule has 84 valence electrons. The molecule has 1 saturated carbocycles. The molecule has 1 aliphatic carbocycles. The third-order valence-electron chi connectivity index (χ3n) is 3.10. The molecule has 1 aliphatic rings. The second kappa shape index (κ2) is 3.94. The average molecular weight is 216 g/mol. The maximum absolute atomic E-state index is 13.4. The van der Waals surface area contributed by atoms with Gasteiger partial charge in [-0.05, 0) is 49.4 Å². The van der Waals surface area contributed by atoms with Crippen LogP contribution < -0.4 is 0 Å². The van der Waals surface area contributed by atoms with Crippen molar-refractivity contribution in [3.8, 4) is 11.8 Å². The van der Waals surface area contributed by atoms with Gasteiger partial charge in [0, 0.05) is 11.0 Å². The van der Waals surface area contributed by atoms with Crippen LogP contribution in [0.3, 0.4) is 0 Å². The first kappa shape index (κ1) is 11.2. The van der Waals surface area contributed by atoms with Gasteiger partial charge in [-0.25, -0.2) is 4.39 Å². The highest BCUT2D eigenvalue weighted by atomic mass is 19.1. The van der Waals surface area contributed by atoms with E-state index >= 15 is 0 Å². The van der Waals surface area contributed by atoms with Crippen molar-refractivity contribution in [2.75, 3.05) is 0 Å². The molecule has 0 aromatic heterocycles. The van der Waals surface area contributed by atoms with Gasteiger partial charge in [0.15, 0.2) is 0 Å². The fourth-order valence-corrected chi connectivity index (χ4v) is 1.55. The molecule has 0 heterocycles. The summed E-state index contributed by atoms with van der Waals surface area (Å²) < 4.78 is 13.4. The van der Waals surface area contributed by atoms with Crippen LogP contribution in [0.4, 0.5) is 4.39 Å². The van der Waals surface area contributed by atoms with E-state index in [1.165, 1.54) is 18.9 Å². The van der Waals surface area contributed by atoms with Gasteiger partial charge in [-0.15, -0.1) is 0 Å². The Balaban J connectivity index is 2.29. The fraction of sp³-hybridized carbons (Fsp3) is 0.467. The Morgan fingerprint density at radius 2 is 1.94 bits per heavy atom. The summed E-state index contributed by atoms with van der Waals surface area (Å²) in [5.74, 6) is 6.48. The lowest BCUT2D eigenvalue weighted by Crippen LogP contribution is -1.91. The molecule has 0 nitrogen and oxygen atoms in total. The summed E-state index contributed by atoms with van der Waals surface area (Å²) in [5.41, 5.74) is 2.02. The topological polar surface area (TPSA) is 0 Å². The second-order valence-electron chi connectivity index (χ2n) is 5.24. The van der Waals surface area contributed by atoms with Crippen molar-refractivity contribution in [2.45, 2.75) is 39.5 Å². The summed E-state index contributed by atoms with van der Waals surface area (Å²) in [4.78, 5) is 0. The predicted molar refractivity (Wildman–Crippen MR) is 64.7 cm³/mol. The zero-order chi connectivity index (χ0) is 11.8. The van der Waals surface area contributed by atoms with Crippen molar-refractivity contribution in [3.63, 3.8) is 0 Å². The first-order valence-corrected chi connectivity index (χ1v) is 5.82. The third kappa shape index (κ3) is 2.64. The van der Waals surface area contributed by atoms with E-state index in [0.29, 0.717) is 5.92 Å². The van der Waals surface area contributed by atoms with Crippen LogP contribution in [-0.2, 0) is 0 Å². The normalized spacial score (nSPS) is 16.8. The molecule has 0 unspecified atom stereocenters. The highest BCUT2D eigenvalue weighted by Gasteiger charge is 2.35. The van der Waals surface area contributed by atoms with Gasteiger partial charge >= 0.3 is 0 Å². The van der Waals surface area contributed by atoms with E-state index in [4.69, 9.17) is 0 Å². The average Bonchev–Trinajstić information content (AvgIpc) is 2.94. The van der Waals surface area contributed by atoms with Gasteiger partial charge in [-0.2, -0.15) is 0 Å². The monoisotopic (exact) mass is 216 g/mol. The number of hydrogen-bond donors (Lipinski definition) is 0. The molecule has 0 aliphatic heterocycles. The van der Waals surface area contributed by atoms with E-state index < -0.39 is 0 Å². The molecule has 2 rings (SSSR count). The first-order chi connectivity index (χ1) is 7.48. The SMILES string of the molecule is CC(C)c1cc(F)cc(C#CC2(C)CC2)c1. The van der Waals surface area contributed by atoms with Crippen molar-refractivity contribution in [2.24, 2.45) is 5.41 Å². The number of hydrogen-bond acceptors (Lipinski definition) is 0. The van der Waals surface area contributed by atoms with E-state index in [-0.39, 0.29) is 11.2 Å². The highest BCUT2D eigenvalue weighted by molar-refractivity contribution is 5.40. The molecule has 1 aromatic carbocycles. The van der Waals surface area contributed by atoms with Gasteiger partial charge in [-0.3, -0.25) is 0 Å². The minimum Gasteiger partial charge on any atom is -0.207 e. The van der Waals surface area contributed by atoms with Gasteiger partial charge in [0.1, 0.15) is 5.82 Å². The molecule has 1 fully saturated rings. The van der Waals surface area contributed by atoms with Gasteiger partial charge in [0.05, 0.1) is 0 Å². The molecule has 0 spiro atoms. The van der Waals surface area contributed by atoms with Crippen molar-refractivity contribution in [1.29, 1.82) is 0 Å². The van der Waals surface area contributed by atoms with Crippen molar-refractivity contribution >= 4 is 0 Å². The van der Waals surface area contributed by atoms with Crippen LogP contribution in [0.15, 0.2) is 18.2 Å². The van der Waals surface area contributed by atoms with E-state index in [0.717, 1.165) is 11.1 Å². The zero-order valence-electron chi connectivity index (χ0n) is 10.1. The van der Waals surface area contributed by atoms with Crippen molar-refractivity contribution < 1.29 is 4.39 Å². The van der Waals surface area contributed by atoms with Crippen LogP contribution in [0.1, 0.15) is 50.7 Å². The Morgan fingerprint density at radius 1 is 1.25 bits per heavy atom. The Morgan fingerprint density at radius 3 is 2.50 bits per heavy atom. The third-order valence-corrected chi connectivity index (χ3v) is 3.10. The molecule has 1 heteroatoms. The van der Waals surface area contributed by atoms with Crippen LogP contribution in [0, 0.1) is 23.1 Å². The molecule has 0 atom stereocenters. The summed E-state index contributed by atoms with van der Waals surface area (Å²) >= 11 is 0. The summed E-state index contributed by atoms with van der Waals surface area (Å²) in [6.07, 6.45) is 2.35. The molecular weight excluding hydrogens is 199 g/mol. The quantitative estimate of drug-likeness (QED) is 0.620. The van der Waals surface area contributed by atoms with Crippen LogP contribution >= 0.6 is 0 Å². The number of halogens is 1. The van der Waals surface area contributed by atoms with Gasteiger partial charge in [0.25, 0.3) is 0 Å². The van der Waals surface area contributed by atoms with Gasteiger partial charge in [-0.1, -0.05) is 25.7 Å². The Labute approximate surface area is 96.9 Å². The molecule has 0 amide bonds. The Hall–Kier alpha value is -1.29. The lowest BCUT2D eigenvalue weighted by atomic mass is 10.0. The Bertz CT molecular complexity index is 456. The van der Waals surface area contributed by atoms with Crippen LogP contribution in [0.25, 0.3) is 0 Å². The van der Waals surface area contributed by atoms with E-state index in [9.17, 15) is 4.39 Å². The smallest absolute Gasteiger partial charge is 0.124 e. The highest BCUT2D eigenvalue weighted by Crippen LogP contribution is 2.44. The lowest BCUT2D eigenvalue weighted by molar-refractivity contribution is 0.623. The van der Waals surface area contributed by atoms with Gasteiger partial charge in [0.2, 0.25) is 0 Å². The fourth-order valence-electron chi connectivity index (χ4n) is 1.55. The number of rotatable bonds is 1. The largest absolute Gasteiger partial charge is 0.207 e. The Kier molecular flexibility index (Phi) is 2.76. The summed E-state index contributed by atoms with van der Waals surface area (Å²) in [5, 5.41) is 0. The number of benzene rings is 1. The van der Waals surface area contributed by atoms with Crippen molar-refractivity contribution in [3.05, 3.63) is 35.1 Å². The maximum atomic E-state index is 13.4. The minimum atomic E-state index is -0.184. The summed E-state index contributed by atoms with van der Waals surface area (Å²) in [7, 11) is 0. The molecule has 0 N–H and O–H groups in total. The van der Waals surface area contributed by atoms with Crippen LogP contribution in [0.2, 0.25) is 0 Å². The van der Waals surface area contributed by atoms with Crippen LogP contribution in [0.5, 0.6) is 0 Å². The second-order valence-corrected chi connectivity index (χ2v) is 5.24. The van der Waals surface area contributed by atoms with Crippen molar-refractivity contribution in [1.82, 2.24) is 0 Å². The lowest BCUT2D eigenvalue weighted by Gasteiger charge is -2.05. The molecule has 0 saturated heterocycles. The predicted octanol–water partition coefficient (Wildman–Crippen LogP) is 4.10. The van der Waals surface area contributed by atoms with E-state index in [2.05, 4.69) is 32.6 Å². The summed E-state index contributed by atoms with van der Waals surface area (Å²) in [6.45, 7) is 6.28. The standard InChI is InChI=1S/C15H17F/c1-11(2)13-8-12(9-14(16)10-13)4-5-15(3)6-7-15/h8-11H,6-7H2,1-3H3. The molecule has 1 aromatic rings. The minimum absolute atomic E-state index is 0.184. The van der Waals surface area contributed by atoms with Crippen LogP contribution in [-0.4, -0.2) is 0 Å². The molecule has 16 heavy (non-hydrogen) atoms. The maximum Gasteiger partial charge on any atom is 0.124 e. The summed E-state index contributed by atoms with van der Waals surface area (Å²) in [6, 6.07) is 5.10. The first-order valence-electron chi connectivity index (χ1n) is 5.82. The zero-order valence-corrected chi connectivity index (χ0v) is 10.1. The van der Waals surface area contributed by atoms with E-state index in [1.54, 1.807) is 6.07 Å². The molecule has 0 bridgehead atoms. The van der Waals surface area contributed by atoms with Gasteiger partial charge < -0.3 is 0 Å².